The van der Waals surface area contributed by atoms with Crippen molar-refractivity contribution in [3.05, 3.63) is 66.1 Å². The zero-order valence-electron chi connectivity index (χ0n) is 10.4. The van der Waals surface area contributed by atoms with Crippen molar-refractivity contribution in [3.63, 3.8) is 0 Å². The highest BCUT2D eigenvalue weighted by Gasteiger charge is 2.13. The van der Waals surface area contributed by atoms with Crippen molar-refractivity contribution in [2.45, 2.75) is 0 Å². The van der Waals surface area contributed by atoms with E-state index in [-0.39, 0.29) is 5.82 Å². The lowest BCUT2D eigenvalue weighted by Gasteiger charge is -1.97. The van der Waals surface area contributed by atoms with Gasteiger partial charge in [-0.25, -0.2) is 9.37 Å². The lowest BCUT2D eigenvalue weighted by molar-refractivity contribution is 0.112. The molecule has 0 aliphatic carbocycles. The second kappa shape index (κ2) is 5.35. The molecule has 2 nitrogen and oxygen atoms in total. The Morgan fingerprint density at radius 3 is 2.30 bits per heavy atom. The van der Waals surface area contributed by atoms with Crippen LogP contribution in [-0.2, 0) is 0 Å². The number of halogens is 1. The number of aldehydes is 1. The van der Waals surface area contributed by atoms with Gasteiger partial charge in [0.05, 0.1) is 4.88 Å². The molecule has 0 N–H and O–H groups in total. The highest BCUT2D eigenvalue weighted by Crippen LogP contribution is 2.34. The molecule has 0 fully saturated rings. The first kappa shape index (κ1) is 12.7. The lowest BCUT2D eigenvalue weighted by Crippen LogP contribution is -1.84. The summed E-state index contributed by atoms with van der Waals surface area (Å²) in [5.41, 5.74) is 2.16. The standard InChI is InChI=1S/C16H10FNOS/c17-13-8-6-11(7-9-13)15-14(10-19)18-16(20-15)12-4-2-1-3-5-12/h1-10H. The summed E-state index contributed by atoms with van der Waals surface area (Å²) in [6.45, 7) is 0. The number of thiazole rings is 1. The molecule has 0 amide bonds. The number of hydrogen-bond donors (Lipinski definition) is 0. The molecule has 3 aromatic rings. The second-order valence-electron chi connectivity index (χ2n) is 4.22. The molecule has 0 aliphatic heterocycles. The van der Waals surface area contributed by atoms with Crippen LogP contribution in [0.15, 0.2) is 54.6 Å². The molecule has 20 heavy (non-hydrogen) atoms. The van der Waals surface area contributed by atoms with E-state index in [0.717, 1.165) is 27.3 Å². The Bertz CT molecular complexity index is 735. The van der Waals surface area contributed by atoms with Crippen LogP contribution in [0.5, 0.6) is 0 Å². The van der Waals surface area contributed by atoms with Gasteiger partial charge in [0.25, 0.3) is 0 Å². The van der Waals surface area contributed by atoms with Crippen molar-refractivity contribution in [2.24, 2.45) is 0 Å². The molecule has 3 rings (SSSR count). The summed E-state index contributed by atoms with van der Waals surface area (Å²) in [5, 5.41) is 0.784. The molecule has 0 spiro atoms. The van der Waals surface area contributed by atoms with E-state index in [1.54, 1.807) is 12.1 Å². The van der Waals surface area contributed by atoms with Gasteiger partial charge in [-0.3, -0.25) is 4.79 Å². The Hall–Kier alpha value is -2.33. The Labute approximate surface area is 119 Å². The number of aromatic nitrogens is 1. The first-order valence-corrected chi connectivity index (χ1v) is 6.87. The fourth-order valence-electron chi connectivity index (χ4n) is 1.92. The van der Waals surface area contributed by atoms with Crippen molar-refractivity contribution in [1.82, 2.24) is 4.98 Å². The van der Waals surface area contributed by atoms with Gasteiger partial charge in [-0.05, 0) is 17.7 Å². The van der Waals surface area contributed by atoms with Crippen LogP contribution in [0.25, 0.3) is 21.0 Å². The molecule has 1 heterocycles. The van der Waals surface area contributed by atoms with E-state index in [4.69, 9.17) is 0 Å². The quantitative estimate of drug-likeness (QED) is 0.666. The summed E-state index contributed by atoms with van der Waals surface area (Å²) in [4.78, 5) is 16.3. The molecule has 0 atom stereocenters. The Morgan fingerprint density at radius 2 is 1.65 bits per heavy atom. The van der Waals surface area contributed by atoms with Gasteiger partial charge in [0.1, 0.15) is 16.5 Å². The average molecular weight is 283 g/mol. The van der Waals surface area contributed by atoms with Crippen molar-refractivity contribution < 1.29 is 9.18 Å². The zero-order chi connectivity index (χ0) is 13.9. The van der Waals surface area contributed by atoms with Crippen LogP contribution in [0.2, 0.25) is 0 Å². The molecule has 4 heteroatoms. The Morgan fingerprint density at radius 1 is 0.950 bits per heavy atom. The van der Waals surface area contributed by atoms with Crippen LogP contribution in [-0.4, -0.2) is 11.3 Å². The first-order chi connectivity index (χ1) is 9.78. The molecule has 2 aromatic carbocycles. The van der Waals surface area contributed by atoms with Crippen molar-refractivity contribution in [1.29, 1.82) is 0 Å². The maximum absolute atomic E-state index is 13.0. The van der Waals surface area contributed by atoms with E-state index in [9.17, 15) is 9.18 Å². The molecule has 0 saturated carbocycles. The topological polar surface area (TPSA) is 30.0 Å². The summed E-state index contributed by atoms with van der Waals surface area (Å²) in [6, 6.07) is 15.7. The maximum atomic E-state index is 13.0. The number of rotatable bonds is 3. The summed E-state index contributed by atoms with van der Waals surface area (Å²) in [5.74, 6) is -0.297. The number of hydrogen-bond acceptors (Lipinski definition) is 3. The molecule has 0 unspecified atom stereocenters. The maximum Gasteiger partial charge on any atom is 0.169 e. The third-order valence-electron chi connectivity index (χ3n) is 2.89. The minimum atomic E-state index is -0.297. The summed E-state index contributed by atoms with van der Waals surface area (Å²) in [7, 11) is 0. The van der Waals surface area contributed by atoms with Gasteiger partial charge in [0.15, 0.2) is 6.29 Å². The monoisotopic (exact) mass is 283 g/mol. The van der Waals surface area contributed by atoms with Crippen molar-refractivity contribution in [3.8, 4) is 21.0 Å². The molecule has 1 aromatic heterocycles. The summed E-state index contributed by atoms with van der Waals surface area (Å²) >= 11 is 1.43. The van der Waals surface area contributed by atoms with E-state index in [2.05, 4.69) is 4.98 Å². The predicted molar refractivity (Wildman–Crippen MR) is 78.3 cm³/mol. The smallest absolute Gasteiger partial charge is 0.169 e. The minimum Gasteiger partial charge on any atom is -0.296 e. The van der Waals surface area contributed by atoms with Crippen LogP contribution >= 0.6 is 11.3 Å². The molecule has 0 saturated heterocycles. The number of benzene rings is 2. The first-order valence-electron chi connectivity index (χ1n) is 6.05. The van der Waals surface area contributed by atoms with Gasteiger partial charge in [-0.15, -0.1) is 11.3 Å². The van der Waals surface area contributed by atoms with E-state index in [0.29, 0.717) is 5.69 Å². The van der Waals surface area contributed by atoms with E-state index < -0.39 is 0 Å². The van der Waals surface area contributed by atoms with Crippen molar-refractivity contribution in [2.75, 3.05) is 0 Å². The molecular weight excluding hydrogens is 273 g/mol. The average Bonchev–Trinajstić information content (AvgIpc) is 2.93. The van der Waals surface area contributed by atoms with Crippen LogP contribution < -0.4 is 0 Å². The highest BCUT2D eigenvalue weighted by atomic mass is 32.1. The normalized spacial score (nSPS) is 10.4. The number of carbonyl (C=O) groups is 1. The van der Waals surface area contributed by atoms with Crippen LogP contribution in [0.3, 0.4) is 0 Å². The molecule has 0 radical (unpaired) electrons. The van der Waals surface area contributed by atoms with Gasteiger partial charge >= 0.3 is 0 Å². The van der Waals surface area contributed by atoms with Gasteiger partial charge < -0.3 is 0 Å². The van der Waals surface area contributed by atoms with E-state index in [1.165, 1.54) is 23.5 Å². The highest BCUT2D eigenvalue weighted by molar-refractivity contribution is 7.18. The number of carbonyl (C=O) groups excluding carboxylic acids is 1. The van der Waals surface area contributed by atoms with E-state index in [1.807, 2.05) is 30.3 Å². The molecule has 0 aliphatic rings. The third-order valence-corrected chi connectivity index (χ3v) is 4.06. The fourth-order valence-corrected chi connectivity index (χ4v) is 2.97. The molecule has 98 valence electrons. The predicted octanol–water partition coefficient (Wildman–Crippen LogP) is 4.43. The Balaban J connectivity index is 2.10. The largest absolute Gasteiger partial charge is 0.296 e. The van der Waals surface area contributed by atoms with Gasteiger partial charge in [-0.1, -0.05) is 42.5 Å². The summed E-state index contributed by atoms with van der Waals surface area (Å²) < 4.78 is 13.0. The van der Waals surface area contributed by atoms with E-state index >= 15 is 0 Å². The molecular formula is C16H10FNOS. The Kier molecular flexibility index (Phi) is 3.39. The summed E-state index contributed by atoms with van der Waals surface area (Å²) in [6.07, 6.45) is 0.738. The van der Waals surface area contributed by atoms with Gasteiger partial charge in [0.2, 0.25) is 0 Å². The number of nitrogens with zero attached hydrogens (tertiary/aromatic N) is 1. The zero-order valence-corrected chi connectivity index (χ0v) is 11.2. The lowest BCUT2D eigenvalue weighted by atomic mass is 10.1. The fraction of sp³-hybridized carbons (Fsp3) is 0. The van der Waals surface area contributed by atoms with Crippen LogP contribution in [0, 0.1) is 5.82 Å². The van der Waals surface area contributed by atoms with Gasteiger partial charge in [0, 0.05) is 5.56 Å². The van der Waals surface area contributed by atoms with Crippen LogP contribution in [0.4, 0.5) is 4.39 Å². The van der Waals surface area contributed by atoms with Crippen LogP contribution in [0.1, 0.15) is 10.5 Å². The third kappa shape index (κ3) is 2.38. The van der Waals surface area contributed by atoms with Gasteiger partial charge in [-0.2, -0.15) is 0 Å². The van der Waals surface area contributed by atoms with Crippen molar-refractivity contribution >= 4 is 17.6 Å². The second-order valence-corrected chi connectivity index (χ2v) is 5.22. The SMILES string of the molecule is O=Cc1nc(-c2ccccc2)sc1-c1ccc(F)cc1. The molecule has 0 bridgehead atoms. The minimum absolute atomic E-state index is 0.297.